The van der Waals surface area contributed by atoms with Crippen LogP contribution in [0.4, 0.5) is 19.0 Å². The summed E-state index contributed by atoms with van der Waals surface area (Å²) in [6, 6.07) is 10.3. The number of para-hydroxylation sites is 2. The third kappa shape index (κ3) is 4.68. The number of imidazole rings is 1. The van der Waals surface area contributed by atoms with Crippen molar-refractivity contribution < 1.29 is 13.2 Å². The first kappa shape index (κ1) is 27.8. The van der Waals surface area contributed by atoms with Gasteiger partial charge < -0.3 is 14.8 Å². The van der Waals surface area contributed by atoms with Crippen molar-refractivity contribution in [1.29, 1.82) is 0 Å². The van der Waals surface area contributed by atoms with E-state index < -0.39 is 17.4 Å². The highest BCUT2D eigenvalue weighted by molar-refractivity contribution is 7.99. The monoisotopic (exact) mass is 630 g/mol. The molecule has 0 aliphatic carbocycles. The average Bonchev–Trinajstić information content (AvgIpc) is 3.50. The second-order valence-electron chi connectivity index (χ2n) is 11.0. The summed E-state index contributed by atoms with van der Waals surface area (Å²) in [7, 11) is 0. The minimum absolute atomic E-state index is 0.0559. The highest BCUT2D eigenvalue weighted by atomic mass is 35.5. The number of anilines is 1. The molecular weight excluding hydrogens is 605 g/mol. The number of nitrogens with one attached hydrogen (secondary N) is 1. The Morgan fingerprint density at radius 3 is 2.57 bits per heavy atom. The third-order valence-electron chi connectivity index (χ3n) is 7.86. The van der Waals surface area contributed by atoms with Gasteiger partial charge in [0.2, 0.25) is 0 Å². The summed E-state index contributed by atoms with van der Waals surface area (Å²) in [5.41, 5.74) is 1.00. The van der Waals surface area contributed by atoms with E-state index in [0.717, 1.165) is 22.4 Å². The van der Waals surface area contributed by atoms with Crippen LogP contribution in [0, 0.1) is 0 Å². The lowest BCUT2D eigenvalue weighted by Crippen LogP contribution is -2.55. The Morgan fingerprint density at radius 1 is 1.10 bits per heavy atom. The standard InChI is InChI=1S/C29H26ClF3N6OS2/c1-15-9-37(10-16(2)35-15)27-19-8-20(29(31,32)33)24(23-7-17(30)12-41-23)26-25(19)38(28(40)36-27)11-18(13-42-26)39-14-34-21-5-3-4-6-22(21)39/h3-8,12,14-16,18,35H,9-11,13H2,1-2H3/t15-,16+,18-/m0/s1. The number of aromatic nitrogens is 4. The average molecular weight is 631 g/mol. The molecule has 1 fully saturated rings. The Morgan fingerprint density at radius 2 is 1.86 bits per heavy atom. The Bertz CT molecular complexity index is 1890. The van der Waals surface area contributed by atoms with Gasteiger partial charge in [-0.3, -0.25) is 4.57 Å². The molecule has 0 bridgehead atoms. The number of fused-ring (bicyclic) bond motifs is 1. The maximum absolute atomic E-state index is 14.9. The SMILES string of the molecule is C[C@@H]1CN(c2nc(=O)n3c4c(c(-c5cc(Cl)cs5)c(C(F)(F)F)cc24)SC[C@@H](n2cnc4ccccc42)C3)C[C@H](C)N1. The van der Waals surface area contributed by atoms with Crippen LogP contribution in [-0.2, 0) is 12.7 Å². The number of benzene rings is 2. The molecule has 7 rings (SSSR count). The minimum atomic E-state index is -4.65. The van der Waals surface area contributed by atoms with Gasteiger partial charge in [0.05, 0.1) is 39.5 Å². The van der Waals surface area contributed by atoms with Crippen LogP contribution in [-0.4, -0.2) is 50.0 Å². The van der Waals surface area contributed by atoms with E-state index in [9.17, 15) is 18.0 Å². The molecule has 0 radical (unpaired) electrons. The zero-order chi connectivity index (χ0) is 29.3. The fraction of sp³-hybridized carbons (Fsp3) is 0.345. The lowest BCUT2D eigenvalue weighted by atomic mass is 10.0. The van der Waals surface area contributed by atoms with E-state index in [0.29, 0.717) is 50.4 Å². The van der Waals surface area contributed by atoms with Gasteiger partial charge in [-0.15, -0.1) is 23.1 Å². The van der Waals surface area contributed by atoms with Crippen LogP contribution in [0.25, 0.3) is 32.4 Å². The van der Waals surface area contributed by atoms with Crippen LogP contribution in [0.15, 0.2) is 57.8 Å². The van der Waals surface area contributed by atoms with Gasteiger partial charge in [-0.25, -0.2) is 9.78 Å². The predicted molar refractivity (Wildman–Crippen MR) is 163 cm³/mol. The van der Waals surface area contributed by atoms with Crippen molar-refractivity contribution in [1.82, 2.24) is 24.4 Å². The first-order valence-electron chi connectivity index (χ1n) is 13.6. The Kier molecular flexibility index (Phi) is 6.80. The Balaban J connectivity index is 1.52. The largest absolute Gasteiger partial charge is 0.417 e. The lowest BCUT2D eigenvalue weighted by Gasteiger charge is -2.37. The van der Waals surface area contributed by atoms with Crippen molar-refractivity contribution in [3.8, 4) is 10.4 Å². The van der Waals surface area contributed by atoms with E-state index in [1.165, 1.54) is 17.8 Å². The van der Waals surface area contributed by atoms with Crippen molar-refractivity contribution in [2.24, 2.45) is 0 Å². The Hall–Kier alpha value is -3.06. The molecule has 0 spiro atoms. The number of piperazine rings is 1. The predicted octanol–water partition coefficient (Wildman–Crippen LogP) is 6.68. The molecule has 0 amide bonds. The van der Waals surface area contributed by atoms with Gasteiger partial charge in [-0.05, 0) is 38.1 Å². The van der Waals surface area contributed by atoms with Gasteiger partial charge in [0.1, 0.15) is 5.82 Å². The van der Waals surface area contributed by atoms with Crippen LogP contribution >= 0.6 is 34.7 Å². The maximum atomic E-state index is 14.9. The molecule has 2 aromatic carbocycles. The topological polar surface area (TPSA) is 68.0 Å². The van der Waals surface area contributed by atoms with Crippen molar-refractivity contribution in [2.45, 2.75) is 49.6 Å². The van der Waals surface area contributed by atoms with Gasteiger partial charge in [0.15, 0.2) is 0 Å². The first-order chi connectivity index (χ1) is 20.1. The van der Waals surface area contributed by atoms with Crippen molar-refractivity contribution in [2.75, 3.05) is 23.7 Å². The molecule has 0 unspecified atom stereocenters. The zero-order valence-electron chi connectivity index (χ0n) is 22.7. The number of nitrogens with zero attached hydrogens (tertiary/aromatic N) is 5. The number of alkyl halides is 3. The fourth-order valence-electron chi connectivity index (χ4n) is 6.24. The van der Waals surface area contributed by atoms with E-state index in [-0.39, 0.29) is 30.2 Å². The second kappa shape index (κ2) is 10.3. The van der Waals surface area contributed by atoms with E-state index in [2.05, 4.69) is 15.3 Å². The smallest absolute Gasteiger partial charge is 0.353 e. The molecule has 2 aliphatic rings. The van der Waals surface area contributed by atoms with Crippen molar-refractivity contribution >= 4 is 62.5 Å². The zero-order valence-corrected chi connectivity index (χ0v) is 25.0. The van der Waals surface area contributed by atoms with Gasteiger partial charge in [-0.2, -0.15) is 18.2 Å². The third-order valence-corrected chi connectivity index (χ3v) is 10.4. The number of hydrogen-bond acceptors (Lipinski definition) is 7. The molecule has 218 valence electrons. The number of hydrogen-bond donors (Lipinski definition) is 1. The molecule has 2 aliphatic heterocycles. The van der Waals surface area contributed by atoms with Crippen LogP contribution in [0.5, 0.6) is 0 Å². The van der Waals surface area contributed by atoms with E-state index in [4.69, 9.17) is 11.6 Å². The van der Waals surface area contributed by atoms with Crippen molar-refractivity contribution in [3.63, 3.8) is 0 Å². The number of halogens is 4. The summed E-state index contributed by atoms with van der Waals surface area (Å²) in [5.74, 6) is 0.724. The van der Waals surface area contributed by atoms with Crippen LogP contribution in [0.3, 0.4) is 0 Å². The van der Waals surface area contributed by atoms with Gasteiger partial charge in [-0.1, -0.05) is 23.7 Å². The van der Waals surface area contributed by atoms with Crippen LogP contribution < -0.4 is 15.9 Å². The normalized spacial score (nSPS) is 21.3. The number of thiophene rings is 1. The summed E-state index contributed by atoms with van der Waals surface area (Å²) in [5, 5.41) is 5.77. The molecule has 42 heavy (non-hydrogen) atoms. The lowest BCUT2D eigenvalue weighted by molar-refractivity contribution is -0.137. The van der Waals surface area contributed by atoms with Crippen LogP contribution in [0.1, 0.15) is 25.5 Å². The molecular formula is C29H26ClF3N6OS2. The maximum Gasteiger partial charge on any atom is 0.417 e. The van der Waals surface area contributed by atoms with Gasteiger partial charge in [0.25, 0.3) is 0 Å². The molecule has 13 heteroatoms. The van der Waals surface area contributed by atoms with E-state index in [1.807, 2.05) is 47.6 Å². The minimum Gasteiger partial charge on any atom is -0.353 e. The summed E-state index contributed by atoms with van der Waals surface area (Å²) >= 11 is 8.73. The molecule has 5 heterocycles. The van der Waals surface area contributed by atoms with E-state index in [1.54, 1.807) is 22.3 Å². The molecule has 3 aromatic heterocycles. The first-order valence-corrected chi connectivity index (χ1v) is 15.8. The van der Waals surface area contributed by atoms with Crippen LogP contribution in [0.2, 0.25) is 5.02 Å². The van der Waals surface area contributed by atoms with Gasteiger partial charge >= 0.3 is 11.9 Å². The van der Waals surface area contributed by atoms with Gasteiger partial charge in [0, 0.05) is 63.6 Å². The second-order valence-corrected chi connectivity index (χ2v) is 13.3. The molecule has 7 nitrogen and oxygen atoms in total. The van der Waals surface area contributed by atoms with Crippen molar-refractivity contribution in [3.05, 3.63) is 69.2 Å². The fourth-order valence-corrected chi connectivity index (χ4v) is 8.79. The quantitative estimate of drug-likeness (QED) is 0.240. The highest BCUT2D eigenvalue weighted by Crippen LogP contribution is 2.50. The number of rotatable bonds is 3. The highest BCUT2D eigenvalue weighted by Gasteiger charge is 2.39. The number of thioether (sulfide) groups is 1. The summed E-state index contributed by atoms with van der Waals surface area (Å²) < 4.78 is 48.2. The molecule has 0 saturated carbocycles. The summed E-state index contributed by atoms with van der Waals surface area (Å²) in [6.45, 7) is 5.31. The summed E-state index contributed by atoms with van der Waals surface area (Å²) in [4.78, 5) is 25.6. The molecule has 3 atom stereocenters. The summed E-state index contributed by atoms with van der Waals surface area (Å²) in [6.07, 6.45) is -2.91. The molecule has 1 N–H and O–H groups in total. The van der Waals surface area contributed by atoms with E-state index >= 15 is 0 Å². The Labute approximate surface area is 252 Å². The molecule has 1 saturated heterocycles. The molecule has 5 aromatic rings.